The van der Waals surface area contributed by atoms with Crippen LogP contribution in [0.5, 0.6) is 0 Å². The number of alkyl halides is 3. The highest BCUT2D eigenvalue weighted by Crippen LogP contribution is 2.37. The van der Waals surface area contributed by atoms with Crippen molar-refractivity contribution >= 4 is 23.2 Å². The Hall–Kier alpha value is -4.33. The second kappa shape index (κ2) is 9.04. The van der Waals surface area contributed by atoms with Gasteiger partial charge in [-0.2, -0.15) is 13.2 Å². The fraction of sp³-hybridized carbons (Fsp3) is 0.0400. The molecule has 3 aromatic carbocycles. The summed E-state index contributed by atoms with van der Waals surface area (Å²) in [6.07, 6.45) is -3.48. The van der Waals surface area contributed by atoms with E-state index in [0.717, 1.165) is 23.3 Å². The Balaban J connectivity index is 1.54. The van der Waals surface area contributed by atoms with Crippen LogP contribution in [0.25, 0.3) is 11.1 Å². The summed E-state index contributed by atoms with van der Waals surface area (Å²) >= 11 is 0. The van der Waals surface area contributed by atoms with Crippen molar-refractivity contribution in [2.24, 2.45) is 0 Å². The van der Waals surface area contributed by atoms with Crippen LogP contribution in [0.4, 0.5) is 24.5 Å². The number of anilines is 2. The second-order valence-electron chi connectivity index (χ2n) is 7.09. The third-order valence-electron chi connectivity index (χ3n) is 4.83. The second-order valence-corrected chi connectivity index (χ2v) is 7.09. The molecule has 2 amide bonds. The first kappa shape index (κ1) is 21.9. The van der Waals surface area contributed by atoms with Gasteiger partial charge in [-0.3, -0.25) is 9.59 Å². The average molecular weight is 450 g/mol. The zero-order valence-electron chi connectivity index (χ0n) is 17.0. The number of benzene rings is 3. The maximum atomic E-state index is 13.7. The summed E-state index contributed by atoms with van der Waals surface area (Å²) in [6, 6.07) is 22.0. The van der Waals surface area contributed by atoms with E-state index in [1.165, 1.54) is 24.5 Å². The molecule has 1 aromatic heterocycles. The molecule has 0 fully saturated rings. The molecule has 166 valence electrons. The lowest BCUT2D eigenvalue weighted by molar-refractivity contribution is -0.136. The Morgan fingerprint density at radius 1 is 0.727 bits per heavy atom. The molecule has 4 aromatic rings. The number of hydrogen-bond donors (Lipinski definition) is 2. The summed E-state index contributed by atoms with van der Waals surface area (Å²) in [7, 11) is 0. The van der Waals surface area contributed by atoms with Gasteiger partial charge in [-0.05, 0) is 53.6 Å². The van der Waals surface area contributed by atoms with Gasteiger partial charge in [0.1, 0.15) is 0 Å². The molecule has 0 aliphatic carbocycles. The van der Waals surface area contributed by atoms with E-state index in [-0.39, 0.29) is 17.0 Å². The number of amides is 2. The monoisotopic (exact) mass is 450 g/mol. The molecule has 8 heteroatoms. The predicted molar refractivity (Wildman–Crippen MR) is 118 cm³/mol. The van der Waals surface area contributed by atoms with Crippen molar-refractivity contribution in [3.05, 3.63) is 108 Å². The Kier molecular flexibility index (Phi) is 5.99. The molecule has 0 radical (unpaired) electrons. The zero-order chi connectivity index (χ0) is 23.4. The normalized spacial score (nSPS) is 11.1. The first-order valence-electron chi connectivity index (χ1n) is 9.84. The Morgan fingerprint density at radius 3 is 2.06 bits per heavy atom. The number of hydrogen-bond acceptors (Lipinski definition) is 3. The molecule has 1 heterocycles. The molecule has 0 aliphatic rings. The van der Waals surface area contributed by atoms with Gasteiger partial charge in [0.25, 0.3) is 11.8 Å². The summed E-state index contributed by atoms with van der Waals surface area (Å²) in [5.41, 5.74) is 0.437. The highest BCUT2D eigenvalue weighted by Gasteiger charge is 2.34. The molecule has 2 N–H and O–H groups in total. The van der Waals surface area contributed by atoms with Crippen molar-refractivity contribution in [1.82, 2.24) is 0 Å². The fourth-order valence-corrected chi connectivity index (χ4v) is 3.21. The molecule has 0 unspecified atom stereocenters. The third-order valence-corrected chi connectivity index (χ3v) is 4.83. The zero-order valence-corrected chi connectivity index (χ0v) is 17.0. The van der Waals surface area contributed by atoms with Gasteiger partial charge in [-0.15, -0.1) is 0 Å². The van der Waals surface area contributed by atoms with Gasteiger partial charge in [0.15, 0.2) is 5.76 Å². The van der Waals surface area contributed by atoms with Crippen LogP contribution in [0.3, 0.4) is 0 Å². The van der Waals surface area contributed by atoms with Gasteiger partial charge < -0.3 is 15.1 Å². The standard InChI is InChI=1S/C25H17F3N2O3/c26-25(27,28)20-15-19(29-24(32)22-7-4-14-33-22)12-13-21(20)30-23(31)18-10-8-17(9-11-18)16-5-2-1-3-6-16/h1-15H,(H,29,32)(H,30,31). The van der Waals surface area contributed by atoms with Crippen LogP contribution in [-0.2, 0) is 6.18 Å². The smallest absolute Gasteiger partial charge is 0.418 e. The van der Waals surface area contributed by atoms with Crippen LogP contribution in [-0.4, -0.2) is 11.8 Å². The molecule has 0 saturated heterocycles. The summed E-state index contributed by atoms with van der Waals surface area (Å²) in [5.74, 6) is -1.42. The molecular formula is C25H17F3N2O3. The van der Waals surface area contributed by atoms with Crippen LogP contribution in [0.1, 0.15) is 26.5 Å². The quantitative estimate of drug-likeness (QED) is 0.366. The van der Waals surface area contributed by atoms with Gasteiger partial charge in [0, 0.05) is 11.3 Å². The van der Waals surface area contributed by atoms with Gasteiger partial charge in [-0.1, -0.05) is 42.5 Å². The van der Waals surface area contributed by atoms with Crippen molar-refractivity contribution in [2.45, 2.75) is 6.18 Å². The van der Waals surface area contributed by atoms with E-state index >= 15 is 0 Å². The van der Waals surface area contributed by atoms with E-state index in [2.05, 4.69) is 10.6 Å². The fourth-order valence-electron chi connectivity index (χ4n) is 3.21. The van der Waals surface area contributed by atoms with Crippen LogP contribution >= 0.6 is 0 Å². The van der Waals surface area contributed by atoms with Crippen LogP contribution in [0.2, 0.25) is 0 Å². The molecule has 0 bridgehead atoms. The van der Waals surface area contributed by atoms with Crippen LogP contribution < -0.4 is 10.6 Å². The molecule has 0 atom stereocenters. The number of carbonyl (C=O) groups excluding carboxylic acids is 2. The lowest BCUT2D eigenvalue weighted by Gasteiger charge is -2.16. The number of rotatable bonds is 5. The average Bonchev–Trinajstić information content (AvgIpc) is 3.35. The van der Waals surface area contributed by atoms with Crippen molar-refractivity contribution < 1.29 is 27.2 Å². The highest BCUT2D eigenvalue weighted by molar-refractivity contribution is 6.05. The van der Waals surface area contributed by atoms with Crippen molar-refractivity contribution in [1.29, 1.82) is 0 Å². The van der Waals surface area contributed by atoms with E-state index in [1.807, 2.05) is 30.3 Å². The molecule has 0 aliphatic heterocycles. The predicted octanol–water partition coefficient (Wildman–Crippen LogP) is 6.47. The Morgan fingerprint density at radius 2 is 1.42 bits per heavy atom. The number of furan rings is 1. The first-order valence-corrected chi connectivity index (χ1v) is 9.84. The molecular weight excluding hydrogens is 433 g/mol. The van der Waals surface area contributed by atoms with Gasteiger partial charge in [-0.25, -0.2) is 0 Å². The Labute approximate surface area is 186 Å². The van der Waals surface area contributed by atoms with E-state index in [9.17, 15) is 22.8 Å². The van der Waals surface area contributed by atoms with Gasteiger partial charge in [0.2, 0.25) is 0 Å². The number of halogens is 3. The summed E-state index contributed by atoms with van der Waals surface area (Å²) in [4.78, 5) is 24.7. The maximum Gasteiger partial charge on any atom is 0.418 e. The highest BCUT2D eigenvalue weighted by atomic mass is 19.4. The van der Waals surface area contributed by atoms with Crippen molar-refractivity contribution in [3.63, 3.8) is 0 Å². The molecule has 4 rings (SSSR count). The van der Waals surface area contributed by atoms with E-state index in [0.29, 0.717) is 0 Å². The lowest BCUT2D eigenvalue weighted by Crippen LogP contribution is -2.18. The van der Waals surface area contributed by atoms with E-state index < -0.39 is 29.2 Å². The minimum Gasteiger partial charge on any atom is -0.459 e. The Bertz CT molecular complexity index is 1270. The third kappa shape index (κ3) is 5.12. The number of carbonyl (C=O) groups is 2. The lowest BCUT2D eigenvalue weighted by atomic mass is 10.0. The molecule has 0 spiro atoms. The van der Waals surface area contributed by atoms with E-state index in [4.69, 9.17) is 4.42 Å². The van der Waals surface area contributed by atoms with Crippen molar-refractivity contribution in [3.8, 4) is 11.1 Å². The van der Waals surface area contributed by atoms with Crippen LogP contribution in [0, 0.1) is 0 Å². The number of nitrogens with one attached hydrogen (secondary N) is 2. The van der Waals surface area contributed by atoms with Crippen molar-refractivity contribution in [2.75, 3.05) is 10.6 Å². The topological polar surface area (TPSA) is 71.3 Å². The molecule has 33 heavy (non-hydrogen) atoms. The molecule has 5 nitrogen and oxygen atoms in total. The SMILES string of the molecule is O=C(Nc1ccc(NC(=O)c2ccco2)cc1C(F)(F)F)c1ccc(-c2ccccc2)cc1. The van der Waals surface area contributed by atoms with Crippen LogP contribution in [0.15, 0.2) is 95.6 Å². The first-order chi connectivity index (χ1) is 15.8. The van der Waals surface area contributed by atoms with Gasteiger partial charge >= 0.3 is 6.18 Å². The largest absolute Gasteiger partial charge is 0.459 e. The summed E-state index contributed by atoms with van der Waals surface area (Å²) < 4.78 is 45.9. The maximum absolute atomic E-state index is 13.7. The van der Waals surface area contributed by atoms with E-state index in [1.54, 1.807) is 24.3 Å². The minimum atomic E-state index is -4.76. The summed E-state index contributed by atoms with van der Waals surface area (Å²) in [5, 5.41) is 4.66. The minimum absolute atomic E-state index is 0.0418. The molecule has 0 saturated carbocycles. The van der Waals surface area contributed by atoms with Gasteiger partial charge in [0.05, 0.1) is 17.5 Å². The summed E-state index contributed by atoms with van der Waals surface area (Å²) in [6.45, 7) is 0.